The summed E-state index contributed by atoms with van der Waals surface area (Å²) in [5, 5.41) is 5.34. The van der Waals surface area contributed by atoms with Crippen molar-refractivity contribution in [3.05, 3.63) is 64.6 Å². The highest BCUT2D eigenvalue weighted by Crippen LogP contribution is 2.16. The molecule has 0 radical (unpaired) electrons. The number of primary amides is 1. The van der Waals surface area contributed by atoms with Gasteiger partial charge >= 0.3 is 0 Å². The monoisotopic (exact) mass is 435 g/mol. The molecule has 0 bridgehead atoms. The summed E-state index contributed by atoms with van der Waals surface area (Å²) in [4.78, 5) is 35.5. The van der Waals surface area contributed by atoms with Crippen molar-refractivity contribution in [3.8, 4) is 0 Å². The number of halogens is 1. The van der Waals surface area contributed by atoms with Crippen LogP contribution in [0, 0.1) is 0 Å². The molecule has 0 fully saturated rings. The second-order valence-electron chi connectivity index (χ2n) is 5.36. The Labute approximate surface area is 164 Å². The van der Waals surface area contributed by atoms with Crippen LogP contribution < -0.4 is 16.4 Å². The van der Waals surface area contributed by atoms with Gasteiger partial charge in [0.25, 0.3) is 0 Å². The smallest absolute Gasteiger partial charge is 0.244 e. The molecule has 1 unspecified atom stereocenters. The molecule has 136 valence electrons. The lowest BCUT2D eigenvalue weighted by atomic mass is 10.1. The molecule has 26 heavy (non-hydrogen) atoms. The lowest BCUT2D eigenvalue weighted by molar-refractivity contribution is -0.126. The quantitative estimate of drug-likeness (QED) is 0.592. The summed E-state index contributed by atoms with van der Waals surface area (Å²) in [6.07, 6.45) is 0. The van der Waals surface area contributed by atoms with Crippen LogP contribution in [0.15, 0.2) is 59.1 Å². The molecule has 1 atom stereocenters. The Hall–Kier alpha value is -2.32. The van der Waals surface area contributed by atoms with Crippen molar-refractivity contribution in [3.63, 3.8) is 0 Å². The Morgan fingerprint density at radius 1 is 1.00 bits per heavy atom. The van der Waals surface area contributed by atoms with E-state index in [0.29, 0.717) is 11.3 Å². The maximum Gasteiger partial charge on any atom is 0.244 e. The predicted octanol–water partition coefficient (Wildman–Crippen LogP) is 2.46. The van der Waals surface area contributed by atoms with E-state index in [1.165, 1.54) is 0 Å². The first-order valence-electron chi connectivity index (χ1n) is 7.72. The second-order valence-corrected chi connectivity index (χ2v) is 7.27. The van der Waals surface area contributed by atoms with Crippen LogP contribution in [0.2, 0.25) is 0 Å². The summed E-state index contributed by atoms with van der Waals surface area (Å²) in [7, 11) is 0. The fourth-order valence-electron chi connectivity index (χ4n) is 2.17. The van der Waals surface area contributed by atoms with Gasteiger partial charge in [0, 0.05) is 10.2 Å². The Balaban J connectivity index is 1.79. The van der Waals surface area contributed by atoms with Crippen molar-refractivity contribution >= 4 is 51.1 Å². The lowest BCUT2D eigenvalue weighted by Crippen LogP contribution is -2.38. The number of nitrogens with two attached hydrogens (primary N) is 1. The molecule has 0 aliphatic rings. The van der Waals surface area contributed by atoms with Gasteiger partial charge in [0.05, 0.1) is 11.5 Å². The number of hydrogen-bond acceptors (Lipinski definition) is 4. The minimum Gasteiger partial charge on any atom is -0.368 e. The van der Waals surface area contributed by atoms with E-state index in [1.807, 2.05) is 18.2 Å². The van der Waals surface area contributed by atoms with Gasteiger partial charge in [-0.05, 0) is 23.8 Å². The van der Waals surface area contributed by atoms with Gasteiger partial charge in [0.1, 0.15) is 6.04 Å². The van der Waals surface area contributed by atoms with Crippen LogP contribution in [0.3, 0.4) is 0 Å². The average molecular weight is 436 g/mol. The van der Waals surface area contributed by atoms with Crippen LogP contribution >= 0.6 is 27.7 Å². The molecule has 2 aromatic rings. The highest BCUT2D eigenvalue weighted by atomic mass is 79.9. The number of hydrogen-bond donors (Lipinski definition) is 3. The van der Waals surface area contributed by atoms with Gasteiger partial charge in [-0.1, -0.05) is 52.3 Å². The molecule has 8 heteroatoms. The van der Waals surface area contributed by atoms with E-state index in [9.17, 15) is 14.4 Å². The molecular weight excluding hydrogens is 418 g/mol. The first-order chi connectivity index (χ1) is 12.5. The van der Waals surface area contributed by atoms with Gasteiger partial charge < -0.3 is 16.4 Å². The third-order valence-electron chi connectivity index (χ3n) is 3.30. The van der Waals surface area contributed by atoms with Crippen LogP contribution in [0.1, 0.15) is 11.6 Å². The molecule has 4 N–H and O–H groups in total. The van der Waals surface area contributed by atoms with Gasteiger partial charge in [-0.25, -0.2) is 0 Å². The minimum atomic E-state index is -0.889. The second kappa shape index (κ2) is 9.98. The average Bonchev–Trinajstić information content (AvgIpc) is 2.60. The van der Waals surface area contributed by atoms with Crippen molar-refractivity contribution in [1.82, 2.24) is 5.32 Å². The molecule has 0 saturated heterocycles. The summed E-state index contributed by atoms with van der Waals surface area (Å²) in [5.74, 6) is -1.05. The van der Waals surface area contributed by atoms with Gasteiger partial charge in [0.15, 0.2) is 0 Å². The number of amides is 3. The Morgan fingerprint density at radius 2 is 1.69 bits per heavy atom. The first kappa shape index (κ1) is 20.0. The third-order valence-corrected chi connectivity index (χ3v) is 4.72. The molecule has 0 heterocycles. The first-order valence-corrected chi connectivity index (χ1v) is 9.67. The topological polar surface area (TPSA) is 101 Å². The molecule has 3 amide bonds. The number of benzene rings is 2. The van der Waals surface area contributed by atoms with E-state index in [0.717, 1.165) is 16.2 Å². The zero-order valence-electron chi connectivity index (χ0n) is 13.8. The maximum absolute atomic E-state index is 12.0. The number of rotatable bonds is 8. The van der Waals surface area contributed by atoms with E-state index < -0.39 is 11.9 Å². The molecule has 6 nitrogen and oxygen atoms in total. The number of carbonyl (C=O) groups is 3. The molecule has 0 aliphatic heterocycles. The molecule has 0 aliphatic carbocycles. The van der Waals surface area contributed by atoms with Gasteiger partial charge in [-0.15, -0.1) is 11.8 Å². The molecular formula is C18H18BrN3O3S. The Bertz CT molecular complexity index is 786. The zero-order valence-corrected chi connectivity index (χ0v) is 16.2. The fourth-order valence-corrected chi connectivity index (χ4v) is 3.19. The molecule has 2 aromatic carbocycles. The lowest BCUT2D eigenvalue weighted by Gasteiger charge is -2.15. The van der Waals surface area contributed by atoms with Crippen LogP contribution in [0.25, 0.3) is 0 Å². The van der Waals surface area contributed by atoms with Gasteiger partial charge in [0.2, 0.25) is 17.7 Å². The number of carbonyl (C=O) groups excluding carboxylic acids is 3. The minimum absolute atomic E-state index is 0.0442. The predicted molar refractivity (Wildman–Crippen MR) is 107 cm³/mol. The van der Waals surface area contributed by atoms with Crippen LogP contribution in [-0.2, 0) is 14.4 Å². The number of nitrogens with one attached hydrogen (secondary N) is 2. The number of anilines is 1. The van der Waals surface area contributed by atoms with Crippen LogP contribution in [0.5, 0.6) is 0 Å². The van der Waals surface area contributed by atoms with E-state index in [2.05, 4.69) is 26.6 Å². The molecule has 0 spiro atoms. The molecule has 0 aromatic heterocycles. The van der Waals surface area contributed by atoms with Crippen LogP contribution in [0.4, 0.5) is 5.69 Å². The van der Waals surface area contributed by atoms with E-state index in [1.54, 1.807) is 36.4 Å². The van der Waals surface area contributed by atoms with Crippen molar-refractivity contribution < 1.29 is 14.4 Å². The summed E-state index contributed by atoms with van der Waals surface area (Å²) < 4.78 is 0.862. The highest BCUT2D eigenvalue weighted by Gasteiger charge is 2.19. The van der Waals surface area contributed by atoms with E-state index >= 15 is 0 Å². The van der Waals surface area contributed by atoms with Crippen molar-refractivity contribution in [2.45, 2.75) is 6.04 Å². The Kier molecular flexibility index (Phi) is 7.68. The maximum atomic E-state index is 12.0. The SMILES string of the molecule is NC(=O)C(NC(=O)CSCC(=O)Nc1cccc(Br)c1)c1ccccc1. The molecule has 2 rings (SSSR count). The van der Waals surface area contributed by atoms with Crippen molar-refractivity contribution in [2.75, 3.05) is 16.8 Å². The van der Waals surface area contributed by atoms with E-state index in [-0.39, 0.29) is 23.3 Å². The van der Waals surface area contributed by atoms with E-state index in [4.69, 9.17) is 5.73 Å². The summed E-state index contributed by atoms with van der Waals surface area (Å²) in [5.41, 5.74) is 6.65. The fraction of sp³-hybridized carbons (Fsp3) is 0.167. The van der Waals surface area contributed by atoms with Crippen LogP contribution in [-0.4, -0.2) is 29.2 Å². The Morgan fingerprint density at radius 3 is 2.35 bits per heavy atom. The number of thioether (sulfide) groups is 1. The van der Waals surface area contributed by atoms with Crippen molar-refractivity contribution in [2.24, 2.45) is 5.73 Å². The summed E-state index contributed by atoms with van der Waals surface area (Å²) in [6.45, 7) is 0. The standard InChI is InChI=1S/C18H18BrN3O3S/c19-13-7-4-8-14(9-13)21-15(23)10-26-11-16(24)22-17(18(20)25)12-5-2-1-3-6-12/h1-9,17H,10-11H2,(H2,20,25)(H,21,23)(H,22,24). The summed E-state index contributed by atoms with van der Waals surface area (Å²) in [6, 6.07) is 15.1. The highest BCUT2D eigenvalue weighted by molar-refractivity contribution is 9.10. The largest absolute Gasteiger partial charge is 0.368 e. The van der Waals surface area contributed by atoms with Gasteiger partial charge in [-0.2, -0.15) is 0 Å². The third kappa shape index (κ3) is 6.53. The normalized spacial score (nSPS) is 11.4. The molecule has 0 saturated carbocycles. The van der Waals surface area contributed by atoms with Crippen molar-refractivity contribution in [1.29, 1.82) is 0 Å². The van der Waals surface area contributed by atoms with Gasteiger partial charge in [-0.3, -0.25) is 14.4 Å². The summed E-state index contributed by atoms with van der Waals surface area (Å²) >= 11 is 4.48. The zero-order chi connectivity index (χ0) is 18.9.